The van der Waals surface area contributed by atoms with Crippen molar-refractivity contribution in [2.75, 3.05) is 91.6 Å². The molecule has 0 radical (unpaired) electrons. The van der Waals surface area contributed by atoms with Crippen LogP contribution in [-0.4, -0.2) is 297 Å². The van der Waals surface area contributed by atoms with Crippen LogP contribution in [0.4, 0.5) is 8.90 Å². The van der Waals surface area contributed by atoms with Gasteiger partial charge in [0.25, 0.3) is 14.3 Å². The van der Waals surface area contributed by atoms with Gasteiger partial charge in [-0.25, -0.2) is 24.0 Å². The Balaban J connectivity index is 2.15. The lowest BCUT2D eigenvalue weighted by atomic mass is 10.1. The van der Waals surface area contributed by atoms with E-state index in [9.17, 15) is 118 Å². The predicted octanol–water partition coefficient (Wildman–Crippen LogP) is -1.72. The Labute approximate surface area is 588 Å². The van der Waals surface area contributed by atoms with E-state index in [-0.39, 0.29) is 116 Å². The van der Waals surface area contributed by atoms with E-state index in [0.717, 1.165) is 0 Å². The first kappa shape index (κ1) is 88.6. The number of carboxylic acid groups (broad SMARTS) is 9. The van der Waals surface area contributed by atoms with Crippen LogP contribution >= 0.6 is 0 Å². The molecular formula is C63H99FN12O25Si. The summed E-state index contributed by atoms with van der Waals surface area (Å²) in [6.07, 6.45) is -4.25. The molecule has 1 saturated heterocycles. The fourth-order valence-electron chi connectivity index (χ4n) is 11.4. The van der Waals surface area contributed by atoms with E-state index in [4.69, 9.17) is 5.11 Å². The van der Waals surface area contributed by atoms with Gasteiger partial charge in [0.15, 0.2) is 0 Å². The van der Waals surface area contributed by atoms with Gasteiger partial charge in [-0.3, -0.25) is 72.3 Å². The number of nitrogens with zero attached hydrogens (tertiary/aromatic N) is 4. The molecule has 0 spiro atoms. The molecule has 6 atom stereocenters. The number of rotatable bonds is 43. The van der Waals surface area contributed by atoms with Crippen molar-refractivity contribution in [3.8, 4) is 0 Å². The van der Waals surface area contributed by atoms with Gasteiger partial charge in [0.05, 0.1) is 19.6 Å². The Hall–Kier alpha value is -9.47. The molecule has 1 heterocycles. The van der Waals surface area contributed by atoms with Gasteiger partial charge in [0.1, 0.15) is 36.3 Å². The molecule has 1 fully saturated rings. The largest absolute Gasteiger partial charge is 0.481 e. The summed E-state index contributed by atoms with van der Waals surface area (Å²) in [6, 6.07) is -5.18. The lowest BCUT2D eigenvalue weighted by Crippen LogP contribution is -2.58. The summed E-state index contributed by atoms with van der Waals surface area (Å²) >= 11 is 0. The second-order valence-electron chi connectivity index (χ2n) is 26.6. The molecule has 0 aromatic heterocycles. The van der Waals surface area contributed by atoms with Crippen LogP contribution in [0.1, 0.15) is 135 Å². The SMILES string of the molecule is CC(C)(C)[Si](F)(c1ccc(C(=O)NC[C@@H](NC(=O)CC[C@H](C(=O)O)N2CCN(CC(=O)O)CCN(CC(=O)O)CCN(CC(=O)O)CC2)C(=O)N[C@H](CCCCNC(=O)CCC(=O)NCCC[C@H](NC(=O)CC[C@H](NC(=O)N[C@@H](CCC(=O)O)C(=O)O)C(=O)O)C(=O)O)C(=O)O)cc1)C(C)(C)C. The zero-order chi connectivity index (χ0) is 77.2. The molecule has 0 aliphatic carbocycles. The van der Waals surface area contributed by atoms with E-state index in [2.05, 4.69) is 31.9 Å². The quantitative estimate of drug-likeness (QED) is 0.0197. The first-order valence-electron chi connectivity index (χ1n) is 33.0. The van der Waals surface area contributed by atoms with Crippen LogP contribution in [0.15, 0.2) is 24.3 Å². The number of hydrogen-bond donors (Lipinski definition) is 17. The van der Waals surface area contributed by atoms with Gasteiger partial charge in [-0.15, -0.1) is 0 Å². The molecule has 2 rings (SSSR count). The number of aliphatic carboxylic acids is 9. The van der Waals surface area contributed by atoms with E-state index in [1.54, 1.807) is 41.5 Å². The average Bonchev–Trinajstić information content (AvgIpc) is 0.748. The van der Waals surface area contributed by atoms with Gasteiger partial charge in [-0.05, 0) is 78.8 Å². The summed E-state index contributed by atoms with van der Waals surface area (Å²) in [7, 11) is -3.77. The molecule has 572 valence electrons. The molecule has 1 aliphatic rings. The molecule has 1 aromatic carbocycles. The van der Waals surface area contributed by atoms with Crippen LogP contribution in [0, 0.1) is 0 Å². The molecule has 17 N–H and O–H groups in total. The lowest BCUT2D eigenvalue weighted by Gasteiger charge is -2.44. The molecule has 0 saturated carbocycles. The smallest absolute Gasteiger partial charge is 0.326 e. The minimum Gasteiger partial charge on any atom is -0.481 e. The number of carbonyl (C=O) groups is 16. The summed E-state index contributed by atoms with van der Waals surface area (Å²) in [5.41, 5.74) is 0.0380. The molecule has 1 aliphatic heterocycles. The maximum Gasteiger partial charge on any atom is 0.326 e. The number of unbranched alkanes of at least 4 members (excludes halogenated alkanes) is 1. The van der Waals surface area contributed by atoms with Crippen LogP contribution in [-0.2, 0) is 67.1 Å². The summed E-state index contributed by atoms with van der Waals surface area (Å²) in [6.45, 7) is 8.44. The summed E-state index contributed by atoms with van der Waals surface area (Å²) in [5.74, 6) is -17.5. The fourth-order valence-corrected chi connectivity index (χ4v) is 16.0. The highest BCUT2D eigenvalue weighted by atomic mass is 28.4. The first-order chi connectivity index (χ1) is 47.5. The van der Waals surface area contributed by atoms with E-state index in [1.165, 1.54) is 43.9 Å². The molecular weight excluding hydrogens is 1370 g/mol. The van der Waals surface area contributed by atoms with Crippen LogP contribution in [0.3, 0.4) is 0 Å². The maximum atomic E-state index is 17.1. The topological polar surface area (TPSA) is 564 Å². The maximum absolute atomic E-state index is 17.1. The van der Waals surface area contributed by atoms with Crippen molar-refractivity contribution in [3.05, 3.63) is 29.8 Å². The summed E-state index contributed by atoms with van der Waals surface area (Å²) in [5, 5.41) is 104. The summed E-state index contributed by atoms with van der Waals surface area (Å²) < 4.78 is 17.1. The highest BCUT2D eigenvalue weighted by Gasteiger charge is 2.56. The van der Waals surface area contributed by atoms with Crippen molar-refractivity contribution in [2.24, 2.45) is 0 Å². The number of hydrogen-bond acceptors (Lipinski definition) is 20. The molecule has 0 bridgehead atoms. The number of benzene rings is 1. The number of carboxylic acids is 9. The van der Waals surface area contributed by atoms with Gasteiger partial charge in [0, 0.05) is 110 Å². The Morgan fingerprint density at radius 3 is 1.21 bits per heavy atom. The van der Waals surface area contributed by atoms with Crippen molar-refractivity contribution in [2.45, 2.75) is 171 Å². The van der Waals surface area contributed by atoms with Gasteiger partial charge in [0.2, 0.25) is 29.5 Å². The van der Waals surface area contributed by atoms with E-state index in [0.29, 0.717) is 5.19 Å². The van der Waals surface area contributed by atoms with Crippen LogP contribution in [0.5, 0.6) is 0 Å². The molecule has 39 heteroatoms. The van der Waals surface area contributed by atoms with Gasteiger partial charge >= 0.3 is 59.8 Å². The standard InChI is InChI=1S/C63H99FN12O25Si/c1-62(2,3)102(64,63(4,5)6)39-14-12-38(13-15-39)54(89)67-34-44(69-49(80)20-18-45(60(99)100)76-32-30-74(36-52(85)86)28-26-73(35-51(83)84)27-29-75(31-33-76)37-53(87)88)55(90)70-41(57(93)94)10-7-8-24-65-46(77)21-22-47(78)66-25-9-11-40(56(91)92)68-48(79)19-16-42(58(95)96)71-61(101)72-43(59(97)98)17-23-50(81)82/h12-15,40-45H,7-11,16-37H2,1-6H3,(H,65,77)(H,66,78)(H,67,89)(H,68,79)(H,69,80)(H,70,90)(H,81,82)(H,83,84)(H,85,86)(H,87,88)(H,91,92)(H,93,94)(H,95,96)(H,97,98)(H,99,100)(H2,71,72,101)/t40-,41+,42-,43-,44+,45+/m0/s1. The molecule has 102 heavy (non-hydrogen) atoms. The zero-order valence-corrected chi connectivity index (χ0v) is 59.1. The van der Waals surface area contributed by atoms with E-state index in [1.807, 2.05) is 10.6 Å². The zero-order valence-electron chi connectivity index (χ0n) is 58.1. The number of amides is 8. The van der Waals surface area contributed by atoms with Gasteiger partial charge in [-0.2, -0.15) is 0 Å². The van der Waals surface area contributed by atoms with Crippen molar-refractivity contribution >= 4 is 109 Å². The minimum absolute atomic E-state index is 0.00207. The second kappa shape index (κ2) is 43.4. The van der Waals surface area contributed by atoms with Crippen molar-refractivity contribution in [3.63, 3.8) is 0 Å². The highest BCUT2D eigenvalue weighted by Crippen LogP contribution is 2.51. The van der Waals surface area contributed by atoms with Gasteiger partial charge in [-0.1, -0.05) is 53.7 Å². The number of halogens is 1. The average molecular weight is 1470 g/mol. The Bertz CT molecular complexity index is 3050. The monoisotopic (exact) mass is 1470 g/mol. The number of urea groups is 1. The molecule has 1 aromatic rings. The third-order valence-corrected chi connectivity index (χ3v) is 21.9. The molecule has 8 amide bonds. The van der Waals surface area contributed by atoms with Crippen molar-refractivity contribution in [1.29, 1.82) is 0 Å². The summed E-state index contributed by atoms with van der Waals surface area (Å²) in [4.78, 5) is 205. The normalized spacial score (nSPS) is 15.6. The Kier molecular flexibility index (Phi) is 37.7. The second-order valence-corrected chi connectivity index (χ2v) is 31.5. The first-order valence-corrected chi connectivity index (χ1v) is 34.9. The Morgan fingerprint density at radius 2 is 0.794 bits per heavy atom. The minimum atomic E-state index is -3.77. The van der Waals surface area contributed by atoms with Crippen LogP contribution < -0.4 is 47.7 Å². The van der Waals surface area contributed by atoms with E-state index >= 15 is 4.11 Å². The van der Waals surface area contributed by atoms with Crippen molar-refractivity contribution in [1.82, 2.24) is 62.1 Å². The third kappa shape index (κ3) is 32.9. The Morgan fingerprint density at radius 1 is 0.412 bits per heavy atom. The highest BCUT2D eigenvalue weighted by molar-refractivity contribution is 6.90. The predicted molar refractivity (Wildman–Crippen MR) is 359 cm³/mol. The number of nitrogens with one attached hydrogen (secondary N) is 8. The lowest BCUT2D eigenvalue weighted by molar-refractivity contribution is -0.145. The fraction of sp³-hybridized carbons (Fsp3) is 0.651. The van der Waals surface area contributed by atoms with Crippen LogP contribution in [0.25, 0.3) is 0 Å². The third-order valence-electron chi connectivity index (χ3n) is 16.6. The van der Waals surface area contributed by atoms with Crippen LogP contribution in [0.2, 0.25) is 10.1 Å². The van der Waals surface area contributed by atoms with E-state index < -0.39 is 215 Å². The van der Waals surface area contributed by atoms with Crippen molar-refractivity contribution < 1.29 is 127 Å². The molecule has 37 nitrogen and oxygen atoms in total. The van der Waals surface area contributed by atoms with Gasteiger partial charge < -0.3 is 92.6 Å². The molecule has 0 unspecified atom stereocenters. The number of carbonyl (C=O) groups excluding carboxylic acids is 7.